The quantitative estimate of drug-likeness (QED) is 0.570. The molecule has 0 aromatic heterocycles. The van der Waals surface area contributed by atoms with Gasteiger partial charge in [-0.05, 0) is 0 Å². The third kappa shape index (κ3) is 1.26. The number of fused-ring (bicyclic) bond motifs is 1. The topological polar surface area (TPSA) is 0 Å². The predicted octanol–water partition coefficient (Wildman–Crippen LogP) is 1.65. The van der Waals surface area contributed by atoms with Crippen molar-refractivity contribution in [3.8, 4) is 0 Å². The molecule has 1 unspecified atom stereocenters. The van der Waals surface area contributed by atoms with Crippen LogP contribution < -0.4 is 4.46 Å². The zero-order valence-electron chi connectivity index (χ0n) is 6.45. The second kappa shape index (κ2) is 2.84. The fourth-order valence-electron chi connectivity index (χ4n) is 1.30. The van der Waals surface area contributed by atoms with Crippen molar-refractivity contribution in [1.82, 2.24) is 0 Å². The van der Waals surface area contributed by atoms with Crippen LogP contribution in [0.4, 0.5) is 0 Å². The van der Waals surface area contributed by atoms with E-state index in [4.69, 9.17) is 0 Å². The molecule has 1 atom stereocenters. The fraction of sp³-hybridized carbons (Fsp3) is 0.200. The Kier molecular flexibility index (Phi) is 1.85. The second-order valence-electron chi connectivity index (χ2n) is 2.77. The molecule has 0 saturated carbocycles. The summed E-state index contributed by atoms with van der Waals surface area (Å²) in [7, 11) is 0. The van der Waals surface area contributed by atoms with E-state index in [1.165, 1.54) is 5.56 Å². The Bertz CT molecular complexity index is 289. The third-order valence-corrected chi connectivity index (χ3v) is 3.90. The summed E-state index contributed by atoms with van der Waals surface area (Å²) in [5.41, 5.74) is 1.52. The first-order chi connectivity index (χ1) is 5.38. The standard InChI is InChI=1S/C10H10Se/c1-8-6-7-11-10-5-3-2-4-9(8)10/h2-8H,1H3. The van der Waals surface area contributed by atoms with E-state index < -0.39 is 0 Å². The van der Waals surface area contributed by atoms with Gasteiger partial charge in [0.05, 0.1) is 0 Å². The molecule has 1 heterocycles. The summed E-state index contributed by atoms with van der Waals surface area (Å²) in [5.74, 6) is 0.627. The molecule has 0 fully saturated rings. The van der Waals surface area contributed by atoms with E-state index in [1.54, 1.807) is 4.46 Å². The molecule has 11 heavy (non-hydrogen) atoms. The molecule has 0 nitrogen and oxygen atoms in total. The maximum absolute atomic E-state index is 2.32. The van der Waals surface area contributed by atoms with E-state index in [2.05, 4.69) is 42.2 Å². The summed E-state index contributed by atoms with van der Waals surface area (Å²) in [4.78, 5) is 2.32. The molecular formula is C10H10Se. The monoisotopic (exact) mass is 210 g/mol. The number of allylic oxidation sites excluding steroid dienone is 1. The fourth-order valence-corrected chi connectivity index (χ4v) is 3.41. The first-order valence-electron chi connectivity index (χ1n) is 3.80. The van der Waals surface area contributed by atoms with Gasteiger partial charge >= 0.3 is 73.1 Å². The molecule has 1 heteroatoms. The molecule has 1 aromatic rings. The predicted molar refractivity (Wildman–Crippen MR) is 49.4 cm³/mol. The molecule has 0 aliphatic carbocycles. The normalized spacial score (nSPS) is 21.4. The Morgan fingerprint density at radius 2 is 2.09 bits per heavy atom. The molecule has 0 amide bonds. The summed E-state index contributed by atoms with van der Waals surface area (Å²) < 4.78 is 1.55. The van der Waals surface area contributed by atoms with Gasteiger partial charge in [-0.2, -0.15) is 0 Å². The maximum atomic E-state index is 2.32. The van der Waals surface area contributed by atoms with Gasteiger partial charge in [-0.3, -0.25) is 0 Å². The molecule has 0 spiro atoms. The van der Waals surface area contributed by atoms with Crippen LogP contribution in [0.25, 0.3) is 0 Å². The van der Waals surface area contributed by atoms with Crippen LogP contribution in [0.3, 0.4) is 0 Å². The van der Waals surface area contributed by atoms with Gasteiger partial charge in [0.15, 0.2) is 0 Å². The molecule has 0 bridgehead atoms. The van der Waals surface area contributed by atoms with Crippen molar-refractivity contribution >= 4 is 19.4 Å². The van der Waals surface area contributed by atoms with Crippen LogP contribution >= 0.6 is 0 Å². The second-order valence-corrected chi connectivity index (χ2v) is 4.76. The van der Waals surface area contributed by atoms with Gasteiger partial charge in [0.1, 0.15) is 0 Å². The molecule has 56 valence electrons. The van der Waals surface area contributed by atoms with Crippen molar-refractivity contribution in [2.24, 2.45) is 0 Å². The number of hydrogen-bond donors (Lipinski definition) is 0. The third-order valence-electron chi connectivity index (χ3n) is 1.97. The molecule has 2 rings (SSSR count). The van der Waals surface area contributed by atoms with Crippen molar-refractivity contribution in [1.29, 1.82) is 0 Å². The summed E-state index contributed by atoms with van der Waals surface area (Å²) in [6.07, 6.45) is 2.31. The Morgan fingerprint density at radius 1 is 1.27 bits per heavy atom. The van der Waals surface area contributed by atoms with Gasteiger partial charge in [-0.1, -0.05) is 0 Å². The first kappa shape index (κ1) is 7.15. The van der Waals surface area contributed by atoms with Gasteiger partial charge in [-0.15, -0.1) is 0 Å². The molecular weight excluding hydrogens is 199 g/mol. The molecule has 0 saturated heterocycles. The molecule has 1 aliphatic heterocycles. The summed E-state index contributed by atoms with van der Waals surface area (Å²) in [5, 5.41) is 0. The minimum atomic E-state index is 0.586. The van der Waals surface area contributed by atoms with E-state index in [0.29, 0.717) is 20.9 Å². The van der Waals surface area contributed by atoms with Crippen LogP contribution in [0.15, 0.2) is 35.3 Å². The van der Waals surface area contributed by atoms with Crippen LogP contribution in [-0.2, 0) is 0 Å². The van der Waals surface area contributed by atoms with Crippen molar-refractivity contribution in [2.75, 3.05) is 0 Å². The van der Waals surface area contributed by atoms with E-state index in [-0.39, 0.29) is 0 Å². The van der Waals surface area contributed by atoms with E-state index in [9.17, 15) is 0 Å². The van der Waals surface area contributed by atoms with Crippen LogP contribution in [0, 0.1) is 0 Å². The Balaban J connectivity index is 2.50. The molecule has 0 N–H and O–H groups in total. The molecule has 0 radical (unpaired) electrons. The Labute approximate surface area is 73.5 Å². The zero-order chi connectivity index (χ0) is 7.68. The van der Waals surface area contributed by atoms with E-state index >= 15 is 0 Å². The number of hydrogen-bond acceptors (Lipinski definition) is 0. The summed E-state index contributed by atoms with van der Waals surface area (Å²) in [6, 6.07) is 8.75. The average Bonchev–Trinajstić information content (AvgIpc) is 2.06. The van der Waals surface area contributed by atoms with Crippen LogP contribution in [-0.4, -0.2) is 15.0 Å². The van der Waals surface area contributed by atoms with Crippen LogP contribution in [0.1, 0.15) is 18.4 Å². The number of rotatable bonds is 0. The first-order valence-corrected chi connectivity index (χ1v) is 5.65. The number of benzene rings is 1. The van der Waals surface area contributed by atoms with Gasteiger partial charge in [0.25, 0.3) is 0 Å². The van der Waals surface area contributed by atoms with Crippen molar-refractivity contribution in [3.05, 3.63) is 40.9 Å². The van der Waals surface area contributed by atoms with Gasteiger partial charge in [0.2, 0.25) is 0 Å². The van der Waals surface area contributed by atoms with E-state index in [0.717, 1.165) is 0 Å². The summed E-state index contributed by atoms with van der Waals surface area (Å²) >= 11 is 0.586. The van der Waals surface area contributed by atoms with Crippen molar-refractivity contribution < 1.29 is 0 Å². The van der Waals surface area contributed by atoms with Gasteiger partial charge in [-0.25, -0.2) is 0 Å². The van der Waals surface area contributed by atoms with E-state index in [1.807, 2.05) is 0 Å². The Hall–Kier alpha value is -0.521. The SMILES string of the molecule is CC1C=C[Se]c2ccccc21. The average molecular weight is 209 g/mol. The minimum absolute atomic E-state index is 0.586. The van der Waals surface area contributed by atoms with Crippen molar-refractivity contribution in [2.45, 2.75) is 12.8 Å². The molecule has 1 aromatic carbocycles. The summed E-state index contributed by atoms with van der Waals surface area (Å²) in [6.45, 7) is 2.25. The van der Waals surface area contributed by atoms with Crippen LogP contribution in [0.2, 0.25) is 0 Å². The molecule has 1 aliphatic rings. The zero-order valence-corrected chi connectivity index (χ0v) is 8.16. The van der Waals surface area contributed by atoms with Crippen molar-refractivity contribution in [3.63, 3.8) is 0 Å². The Morgan fingerprint density at radius 3 is 2.91 bits per heavy atom. The van der Waals surface area contributed by atoms with Crippen LogP contribution in [0.5, 0.6) is 0 Å². The van der Waals surface area contributed by atoms with Gasteiger partial charge in [0, 0.05) is 0 Å². The van der Waals surface area contributed by atoms with Gasteiger partial charge < -0.3 is 0 Å².